The quantitative estimate of drug-likeness (QED) is 0.841. The van der Waals surface area contributed by atoms with Crippen molar-refractivity contribution in [2.24, 2.45) is 0 Å². The molecule has 0 aliphatic heterocycles. The van der Waals surface area contributed by atoms with E-state index in [-0.39, 0.29) is 0 Å². The minimum absolute atomic E-state index is 0.529. The fraction of sp³-hybridized carbons (Fsp3) is 0.412. The molecule has 1 aliphatic carbocycles. The molecule has 1 aromatic heterocycles. The van der Waals surface area contributed by atoms with E-state index in [4.69, 9.17) is 11.6 Å². The smallest absolute Gasteiger partial charge is 0.224 e. The van der Waals surface area contributed by atoms with Crippen LogP contribution in [0.1, 0.15) is 31.2 Å². The minimum Gasteiger partial charge on any atom is -0.370 e. The first kappa shape index (κ1) is 15.1. The molecule has 4 nitrogen and oxygen atoms in total. The zero-order valence-electron chi connectivity index (χ0n) is 12.6. The van der Waals surface area contributed by atoms with E-state index in [0.29, 0.717) is 6.04 Å². The summed E-state index contributed by atoms with van der Waals surface area (Å²) in [6, 6.07) is 10.4. The van der Waals surface area contributed by atoms with Crippen LogP contribution >= 0.6 is 11.6 Å². The van der Waals surface area contributed by atoms with Gasteiger partial charge in [0.15, 0.2) is 0 Å². The average Bonchev–Trinajstić information content (AvgIpc) is 3.01. The number of rotatable bonds is 6. The van der Waals surface area contributed by atoms with E-state index in [1.54, 1.807) is 6.20 Å². The molecule has 5 heteroatoms. The van der Waals surface area contributed by atoms with Gasteiger partial charge in [0, 0.05) is 23.8 Å². The summed E-state index contributed by atoms with van der Waals surface area (Å²) in [5.74, 6) is 1.58. The lowest BCUT2D eigenvalue weighted by Crippen LogP contribution is -2.17. The molecule has 116 valence electrons. The first-order valence-corrected chi connectivity index (χ1v) is 8.25. The van der Waals surface area contributed by atoms with E-state index in [1.165, 1.54) is 31.2 Å². The van der Waals surface area contributed by atoms with Crippen LogP contribution in [-0.4, -0.2) is 22.6 Å². The standard InChI is InChI=1S/C17H21ClN4/c18-14-5-3-4-13(12-14)8-10-19-16-9-11-20-17(22-16)21-15-6-1-2-7-15/h3-5,9,11-12,15H,1-2,6-8,10H2,(H2,19,20,21,22). The second kappa shape index (κ2) is 7.45. The van der Waals surface area contributed by atoms with Gasteiger partial charge in [0.05, 0.1) is 0 Å². The van der Waals surface area contributed by atoms with Crippen LogP contribution in [0.5, 0.6) is 0 Å². The van der Waals surface area contributed by atoms with Crippen LogP contribution in [0.3, 0.4) is 0 Å². The Labute approximate surface area is 136 Å². The van der Waals surface area contributed by atoms with Crippen molar-refractivity contribution in [1.29, 1.82) is 0 Å². The molecular formula is C17H21ClN4. The van der Waals surface area contributed by atoms with Gasteiger partial charge in [0.1, 0.15) is 5.82 Å². The highest BCUT2D eigenvalue weighted by molar-refractivity contribution is 6.30. The molecule has 2 N–H and O–H groups in total. The number of aromatic nitrogens is 2. The number of nitrogens with zero attached hydrogens (tertiary/aromatic N) is 2. The number of halogens is 1. The molecule has 0 spiro atoms. The van der Waals surface area contributed by atoms with Crippen LogP contribution in [0.2, 0.25) is 5.02 Å². The Kier molecular flexibility index (Phi) is 5.11. The van der Waals surface area contributed by atoms with Crippen LogP contribution in [0, 0.1) is 0 Å². The normalized spacial score (nSPS) is 15.0. The van der Waals surface area contributed by atoms with Gasteiger partial charge in [-0.15, -0.1) is 0 Å². The third-order valence-electron chi connectivity index (χ3n) is 3.95. The van der Waals surface area contributed by atoms with Crippen molar-refractivity contribution in [2.45, 2.75) is 38.1 Å². The lowest BCUT2D eigenvalue weighted by atomic mass is 10.1. The van der Waals surface area contributed by atoms with Crippen LogP contribution in [-0.2, 0) is 6.42 Å². The lowest BCUT2D eigenvalue weighted by Gasteiger charge is -2.12. The van der Waals surface area contributed by atoms with Gasteiger partial charge in [-0.3, -0.25) is 0 Å². The zero-order valence-corrected chi connectivity index (χ0v) is 13.3. The maximum Gasteiger partial charge on any atom is 0.224 e. The highest BCUT2D eigenvalue weighted by Gasteiger charge is 2.15. The summed E-state index contributed by atoms with van der Waals surface area (Å²) in [4.78, 5) is 8.83. The molecule has 1 aliphatic rings. The monoisotopic (exact) mass is 316 g/mol. The van der Waals surface area contributed by atoms with Crippen molar-refractivity contribution in [2.75, 3.05) is 17.2 Å². The molecule has 1 saturated carbocycles. The number of hydrogen-bond donors (Lipinski definition) is 2. The van der Waals surface area contributed by atoms with Gasteiger partial charge in [-0.25, -0.2) is 4.98 Å². The van der Waals surface area contributed by atoms with Gasteiger partial charge < -0.3 is 10.6 Å². The van der Waals surface area contributed by atoms with Gasteiger partial charge >= 0.3 is 0 Å². The van der Waals surface area contributed by atoms with Crippen LogP contribution in [0.4, 0.5) is 11.8 Å². The van der Waals surface area contributed by atoms with Crippen LogP contribution < -0.4 is 10.6 Å². The summed E-state index contributed by atoms with van der Waals surface area (Å²) >= 11 is 5.99. The summed E-state index contributed by atoms with van der Waals surface area (Å²) in [5, 5.41) is 7.54. The molecule has 3 rings (SSSR count). The number of benzene rings is 1. The van der Waals surface area contributed by atoms with Crippen molar-refractivity contribution in [3.05, 3.63) is 47.1 Å². The molecule has 2 aromatic rings. The topological polar surface area (TPSA) is 49.8 Å². The number of hydrogen-bond acceptors (Lipinski definition) is 4. The average molecular weight is 317 g/mol. The predicted molar refractivity (Wildman–Crippen MR) is 91.6 cm³/mol. The molecule has 1 heterocycles. The molecule has 22 heavy (non-hydrogen) atoms. The van der Waals surface area contributed by atoms with E-state index in [0.717, 1.165) is 29.8 Å². The van der Waals surface area contributed by atoms with Crippen molar-refractivity contribution in [3.63, 3.8) is 0 Å². The first-order chi connectivity index (χ1) is 10.8. The van der Waals surface area contributed by atoms with Crippen LogP contribution in [0.25, 0.3) is 0 Å². The fourth-order valence-electron chi connectivity index (χ4n) is 2.81. The summed E-state index contributed by atoms with van der Waals surface area (Å²) in [7, 11) is 0. The Morgan fingerprint density at radius 2 is 2.05 bits per heavy atom. The van der Waals surface area contributed by atoms with Crippen LogP contribution in [0.15, 0.2) is 36.5 Å². The summed E-state index contributed by atoms with van der Waals surface area (Å²) in [6.07, 6.45) is 7.75. The maximum atomic E-state index is 5.99. The molecule has 0 bridgehead atoms. The summed E-state index contributed by atoms with van der Waals surface area (Å²) in [5.41, 5.74) is 1.22. The number of nitrogens with one attached hydrogen (secondary N) is 2. The van der Waals surface area contributed by atoms with E-state index < -0.39 is 0 Å². The second-order valence-corrected chi connectivity index (χ2v) is 6.13. The lowest BCUT2D eigenvalue weighted by molar-refractivity contribution is 0.744. The van der Waals surface area contributed by atoms with Crippen molar-refractivity contribution >= 4 is 23.4 Å². The highest BCUT2D eigenvalue weighted by atomic mass is 35.5. The maximum absolute atomic E-state index is 5.99. The third-order valence-corrected chi connectivity index (χ3v) is 4.19. The molecule has 0 atom stereocenters. The molecule has 1 fully saturated rings. The molecule has 0 saturated heterocycles. The Balaban J connectivity index is 1.51. The van der Waals surface area contributed by atoms with Gasteiger partial charge in [-0.2, -0.15) is 4.98 Å². The Bertz CT molecular complexity index is 611. The zero-order chi connectivity index (χ0) is 15.2. The van der Waals surface area contributed by atoms with Gasteiger partial charge in [-0.1, -0.05) is 36.6 Å². The Morgan fingerprint density at radius 1 is 1.18 bits per heavy atom. The largest absolute Gasteiger partial charge is 0.370 e. The Morgan fingerprint density at radius 3 is 2.86 bits per heavy atom. The SMILES string of the molecule is Clc1cccc(CCNc2ccnc(NC3CCCC3)n2)c1. The van der Waals surface area contributed by atoms with Gasteiger partial charge in [0.2, 0.25) is 5.95 Å². The van der Waals surface area contributed by atoms with Crippen molar-refractivity contribution in [3.8, 4) is 0 Å². The molecular weight excluding hydrogens is 296 g/mol. The van der Waals surface area contributed by atoms with Gasteiger partial charge in [-0.05, 0) is 43.0 Å². The fourth-order valence-corrected chi connectivity index (χ4v) is 3.02. The highest BCUT2D eigenvalue weighted by Crippen LogP contribution is 2.21. The number of anilines is 2. The molecule has 0 unspecified atom stereocenters. The van der Waals surface area contributed by atoms with E-state index in [9.17, 15) is 0 Å². The third kappa shape index (κ3) is 4.34. The second-order valence-electron chi connectivity index (χ2n) is 5.70. The first-order valence-electron chi connectivity index (χ1n) is 7.87. The van der Waals surface area contributed by atoms with E-state index in [2.05, 4.69) is 26.7 Å². The predicted octanol–water partition coefficient (Wildman–Crippen LogP) is 4.14. The molecule has 0 amide bonds. The Hall–Kier alpha value is -1.81. The summed E-state index contributed by atoms with van der Waals surface area (Å²) < 4.78 is 0. The minimum atomic E-state index is 0.529. The van der Waals surface area contributed by atoms with Crippen molar-refractivity contribution in [1.82, 2.24) is 9.97 Å². The van der Waals surface area contributed by atoms with E-state index >= 15 is 0 Å². The van der Waals surface area contributed by atoms with Crippen molar-refractivity contribution < 1.29 is 0 Å². The molecule has 1 aromatic carbocycles. The summed E-state index contributed by atoms with van der Waals surface area (Å²) in [6.45, 7) is 0.820. The molecule has 0 radical (unpaired) electrons. The van der Waals surface area contributed by atoms with Gasteiger partial charge in [0.25, 0.3) is 0 Å². The van der Waals surface area contributed by atoms with E-state index in [1.807, 2.05) is 24.3 Å².